The monoisotopic (exact) mass is 295 g/mol. The minimum Gasteiger partial charge on any atom is -0.310 e. The number of hydrogen-bond acceptors (Lipinski definition) is 1. The molecule has 2 unspecified atom stereocenters. The van der Waals surface area contributed by atoms with Crippen LogP contribution in [-0.4, -0.2) is 6.54 Å². The zero-order valence-corrected chi connectivity index (χ0v) is 14.0. The highest BCUT2D eigenvalue weighted by molar-refractivity contribution is 6.30. The van der Waals surface area contributed by atoms with Crippen LogP contribution in [0.2, 0.25) is 5.02 Å². The highest BCUT2D eigenvalue weighted by atomic mass is 35.5. The van der Waals surface area contributed by atoms with E-state index in [1.54, 1.807) is 0 Å². The van der Waals surface area contributed by atoms with Gasteiger partial charge in [0.2, 0.25) is 0 Å². The van der Waals surface area contributed by atoms with Crippen molar-refractivity contribution in [1.29, 1.82) is 0 Å². The van der Waals surface area contributed by atoms with Crippen molar-refractivity contribution >= 4 is 11.6 Å². The second kappa shape index (κ2) is 10.2. The molecule has 1 aromatic carbocycles. The largest absolute Gasteiger partial charge is 0.310 e. The summed E-state index contributed by atoms with van der Waals surface area (Å²) in [6.07, 6.45) is 7.68. The molecular formula is C18H30ClN. The third-order valence-corrected chi connectivity index (χ3v) is 4.28. The molecule has 0 bridgehead atoms. The first kappa shape index (κ1) is 17.5. The van der Waals surface area contributed by atoms with Crippen LogP contribution in [0.1, 0.15) is 70.9 Å². The summed E-state index contributed by atoms with van der Waals surface area (Å²) in [6.45, 7) is 7.90. The molecule has 0 saturated heterocycles. The van der Waals surface area contributed by atoms with Crippen LogP contribution >= 0.6 is 11.6 Å². The van der Waals surface area contributed by atoms with E-state index in [2.05, 4.69) is 38.2 Å². The molecule has 1 N–H and O–H groups in total. The van der Waals surface area contributed by atoms with E-state index in [-0.39, 0.29) is 0 Å². The Kier molecular flexibility index (Phi) is 8.97. The Balaban J connectivity index is 2.69. The van der Waals surface area contributed by atoms with Crippen LogP contribution in [0.15, 0.2) is 24.3 Å². The van der Waals surface area contributed by atoms with Crippen molar-refractivity contribution in [2.24, 2.45) is 5.92 Å². The smallest absolute Gasteiger partial charge is 0.0406 e. The van der Waals surface area contributed by atoms with Crippen molar-refractivity contribution < 1.29 is 0 Å². The van der Waals surface area contributed by atoms with Crippen molar-refractivity contribution in [3.05, 3.63) is 34.9 Å². The molecule has 0 aromatic heterocycles. The van der Waals surface area contributed by atoms with Gasteiger partial charge in [0.1, 0.15) is 0 Å². The molecule has 0 radical (unpaired) electrons. The lowest BCUT2D eigenvalue weighted by Gasteiger charge is -2.24. The molecule has 0 aliphatic heterocycles. The number of benzene rings is 1. The van der Waals surface area contributed by atoms with Gasteiger partial charge in [-0.15, -0.1) is 0 Å². The number of hydrogen-bond donors (Lipinski definition) is 1. The fraction of sp³-hybridized carbons (Fsp3) is 0.667. The molecule has 0 fully saturated rings. The van der Waals surface area contributed by atoms with E-state index in [1.165, 1.54) is 44.1 Å². The zero-order chi connectivity index (χ0) is 14.8. The third kappa shape index (κ3) is 6.28. The molecule has 0 saturated carbocycles. The van der Waals surface area contributed by atoms with Gasteiger partial charge in [0.25, 0.3) is 0 Å². The van der Waals surface area contributed by atoms with Crippen LogP contribution < -0.4 is 5.32 Å². The fourth-order valence-electron chi connectivity index (χ4n) is 2.67. The SMILES string of the molecule is CCCCC(CC)CC(NCCC)c1ccc(Cl)cc1. The van der Waals surface area contributed by atoms with E-state index in [0.29, 0.717) is 6.04 Å². The van der Waals surface area contributed by atoms with Gasteiger partial charge < -0.3 is 5.32 Å². The molecule has 2 heteroatoms. The predicted octanol–water partition coefficient (Wildman–Crippen LogP) is 5.99. The molecule has 114 valence electrons. The maximum Gasteiger partial charge on any atom is 0.0406 e. The molecule has 2 atom stereocenters. The first-order valence-corrected chi connectivity index (χ1v) is 8.57. The van der Waals surface area contributed by atoms with Gasteiger partial charge in [-0.05, 0) is 43.0 Å². The Hall–Kier alpha value is -0.530. The van der Waals surface area contributed by atoms with Gasteiger partial charge in [0.15, 0.2) is 0 Å². The molecular weight excluding hydrogens is 266 g/mol. The lowest BCUT2D eigenvalue weighted by atomic mass is 9.89. The molecule has 0 amide bonds. The summed E-state index contributed by atoms with van der Waals surface area (Å²) in [6, 6.07) is 8.81. The summed E-state index contributed by atoms with van der Waals surface area (Å²) < 4.78 is 0. The summed E-state index contributed by atoms with van der Waals surface area (Å²) >= 11 is 6.00. The highest BCUT2D eigenvalue weighted by Crippen LogP contribution is 2.27. The lowest BCUT2D eigenvalue weighted by molar-refractivity contribution is 0.353. The number of rotatable bonds is 10. The third-order valence-electron chi connectivity index (χ3n) is 4.03. The molecule has 1 aromatic rings. The zero-order valence-electron chi connectivity index (χ0n) is 13.3. The van der Waals surface area contributed by atoms with Crippen LogP contribution in [-0.2, 0) is 0 Å². The minimum absolute atomic E-state index is 0.467. The summed E-state index contributed by atoms with van der Waals surface area (Å²) in [5.41, 5.74) is 1.37. The van der Waals surface area contributed by atoms with Gasteiger partial charge in [-0.3, -0.25) is 0 Å². The van der Waals surface area contributed by atoms with E-state index in [9.17, 15) is 0 Å². The Morgan fingerprint density at radius 2 is 1.75 bits per heavy atom. The molecule has 1 nitrogen and oxygen atoms in total. The van der Waals surface area contributed by atoms with Gasteiger partial charge >= 0.3 is 0 Å². The minimum atomic E-state index is 0.467. The van der Waals surface area contributed by atoms with Crippen molar-refractivity contribution in [2.45, 2.75) is 65.3 Å². The van der Waals surface area contributed by atoms with Crippen molar-refractivity contribution in [3.63, 3.8) is 0 Å². The Bertz CT molecular complexity index is 347. The van der Waals surface area contributed by atoms with Crippen LogP contribution in [0, 0.1) is 5.92 Å². The summed E-state index contributed by atoms with van der Waals surface area (Å²) in [7, 11) is 0. The van der Waals surface area contributed by atoms with E-state index in [1.807, 2.05) is 12.1 Å². The summed E-state index contributed by atoms with van der Waals surface area (Å²) in [5.74, 6) is 0.819. The maximum atomic E-state index is 6.00. The normalized spacial score (nSPS) is 14.2. The van der Waals surface area contributed by atoms with Crippen molar-refractivity contribution in [1.82, 2.24) is 5.32 Å². The summed E-state index contributed by atoms with van der Waals surface area (Å²) in [5, 5.41) is 4.52. The average Bonchev–Trinajstić information content (AvgIpc) is 2.48. The van der Waals surface area contributed by atoms with Gasteiger partial charge in [0.05, 0.1) is 0 Å². The number of unbranched alkanes of at least 4 members (excludes halogenated alkanes) is 1. The fourth-order valence-corrected chi connectivity index (χ4v) is 2.79. The summed E-state index contributed by atoms with van der Waals surface area (Å²) in [4.78, 5) is 0. The van der Waals surface area contributed by atoms with E-state index in [4.69, 9.17) is 11.6 Å². The van der Waals surface area contributed by atoms with Crippen molar-refractivity contribution in [2.75, 3.05) is 6.54 Å². The Morgan fingerprint density at radius 3 is 2.30 bits per heavy atom. The standard InChI is InChI=1S/C18H30ClN/c1-4-7-8-15(6-3)14-18(20-13-5-2)16-9-11-17(19)12-10-16/h9-12,15,18,20H,4-8,13-14H2,1-3H3. The van der Waals surface area contributed by atoms with Gasteiger partial charge in [-0.1, -0.05) is 70.2 Å². The average molecular weight is 296 g/mol. The topological polar surface area (TPSA) is 12.0 Å². The van der Waals surface area contributed by atoms with Gasteiger partial charge in [0, 0.05) is 11.1 Å². The Morgan fingerprint density at radius 1 is 1.05 bits per heavy atom. The van der Waals surface area contributed by atoms with Gasteiger partial charge in [-0.2, -0.15) is 0 Å². The second-order valence-electron chi connectivity index (χ2n) is 5.71. The first-order valence-electron chi connectivity index (χ1n) is 8.20. The Labute approximate surface area is 130 Å². The first-order chi connectivity index (χ1) is 9.71. The second-order valence-corrected chi connectivity index (χ2v) is 6.15. The van der Waals surface area contributed by atoms with Gasteiger partial charge in [-0.25, -0.2) is 0 Å². The van der Waals surface area contributed by atoms with E-state index < -0.39 is 0 Å². The van der Waals surface area contributed by atoms with E-state index >= 15 is 0 Å². The van der Waals surface area contributed by atoms with Crippen molar-refractivity contribution in [3.8, 4) is 0 Å². The molecule has 0 heterocycles. The maximum absolute atomic E-state index is 6.00. The molecule has 0 aliphatic carbocycles. The molecule has 0 aliphatic rings. The number of nitrogens with one attached hydrogen (secondary N) is 1. The van der Waals surface area contributed by atoms with Crippen LogP contribution in [0.5, 0.6) is 0 Å². The molecule has 20 heavy (non-hydrogen) atoms. The van der Waals surface area contributed by atoms with Crippen LogP contribution in [0.3, 0.4) is 0 Å². The highest BCUT2D eigenvalue weighted by Gasteiger charge is 2.16. The van der Waals surface area contributed by atoms with E-state index in [0.717, 1.165) is 17.5 Å². The molecule has 0 spiro atoms. The quantitative estimate of drug-likeness (QED) is 0.559. The van der Waals surface area contributed by atoms with Crippen LogP contribution in [0.4, 0.5) is 0 Å². The molecule has 1 rings (SSSR count). The number of halogens is 1. The van der Waals surface area contributed by atoms with Crippen LogP contribution in [0.25, 0.3) is 0 Å². The lowest BCUT2D eigenvalue weighted by Crippen LogP contribution is -2.24. The predicted molar refractivity (Wildman–Crippen MR) is 90.4 cm³/mol.